The molecule has 1 fully saturated rings. The van der Waals surface area contributed by atoms with Crippen molar-refractivity contribution in [2.75, 3.05) is 5.88 Å². The molecule has 0 amide bonds. The van der Waals surface area contributed by atoms with Crippen LogP contribution in [-0.2, 0) is 9.84 Å². The minimum absolute atomic E-state index is 0.00685. The van der Waals surface area contributed by atoms with Gasteiger partial charge in [0.2, 0.25) is 0 Å². The zero-order chi connectivity index (χ0) is 15.1. The fraction of sp³-hybridized carbons (Fsp3) is 0.643. The third-order valence-corrected chi connectivity index (χ3v) is 5.63. The van der Waals surface area contributed by atoms with E-state index >= 15 is 0 Å². The van der Waals surface area contributed by atoms with Crippen LogP contribution in [0.3, 0.4) is 0 Å². The highest BCUT2D eigenvalue weighted by Crippen LogP contribution is 2.30. The first kappa shape index (κ1) is 15.1. The van der Waals surface area contributed by atoms with Gasteiger partial charge in [-0.05, 0) is 32.6 Å². The molecule has 1 atom stereocenters. The summed E-state index contributed by atoms with van der Waals surface area (Å²) in [6.45, 7) is 11.7. The van der Waals surface area contributed by atoms with Crippen molar-refractivity contribution < 1.29 is 8.42 Å². The molecule has 1 aromatic heterocycles. The molecule has 0 spiro atoms. The zero-order valence-corrected chi connectivity index (χ0v) is 13.4. The molecule has 1 N–H and O–H groups in total. The van der Waals surface area contributed by atoms with Gasteiger partial charge < -0.3 is 4.90 Å². The Kier molecular flexibility index (Phi) is 3.95. The number of aromatic nitrogens is 2. The predicted octanol–water partition coefficient (Wildman–Crippen LogP) is 2.57. The van der Waals surface area contributed by atoms with E-state index in [2.05, 4.69) is 16.8 Å². The number of hydrogen-bond acceptors (Lipinski definition) is 4. The van der Waals surface area contributed by atoms with Crippen LogP contribution in [0.25, 0.3) is 0 Å². The highest BCUT2D eigenvalue weighted by atomic mass is 32.2. The molecule has 0 aliphatic carbocycles. The number of aryl methyl sites for hydroxylation is 1. The van der Waals surface area contributed by atoms with Crippen LogP contribution < -0.4 is 0 Å². The van der Waals surface area contributed by atoms with Gasteiger partial charge in [0.1, 0.15) is 10.8 Å². The Bertz CT molecular complexity index is 616. The Morgan fingerprint density at radius 1 is 1.50 bits per heavy atom. The summed E-state index contributed by atoms with van der Waals surface area (Å²) >= 11 is 0. The molecule has 2 rings (SSSR count). The normalized spacial score (nSPS) is 20.1. The number of aromatic amines is 1. The first-order chi connectivity index (χ1) is 9.24. The summed E-state index contributed by atoms with van der Waals surface area (Å²) in [5.74, 6) is 0.0662. The molecule has 0 radical (unpaired) electrons. The van der Waals surface area contributed by atoms with E-state index in [0.717, 1.165) is 18.5 Å². The van der Waals surface area contributed by atoms with Gasteiger partial charge in [-0.15, -0.1) is 0 Å². The Hall–Kier alpha value is -1.30. The molecule has 6 heteroatoms. The van der Waals surface area contributed by atoms with Gasteiger partial charge in [0.15, 0.2) is 9.84 Å². The standard InChI is InChI=1S/C14H23N3O2S/c1-9(2)13-14(12(5)15-16-13)20(18,19)8-17-10(3)6-7-11(17)4/h9,11H,3,6-8H2,1-2,4-5H3,(H,15,16)/t11-/m0/s1. The van der Waals surface area contributed by atoms with E-state index in [4.69, 9.17) is 0 Å². The lowest BCUT2D eigenvalue weighted by Crippen LogP contribution is -2.31. The van der Waals surface area contributed by atoms with Crippen LogP contribution in [0.4, 0.5) is 0 Å². The number of sulfone groups is 1. The number of H-pyrrole nitrogens is 1. The third-order valence-electron chi connectivity index (χ3n) is 3.87. The second-order valence-corrected chi connectivity index (χ2v) is 7.78. The molecule has 0 saturated carbocycles. The fourth-order valence-corrected chi connectivity index (χ4v) is 4.72. The minimum Gasteiger partial charge on any atom is -0.358 e. The van der Waals surface area contributed by atoms with E-state index < -0.39 is 9.84 Å². The van der Waals surface area contributed by atoms with Crippen LogP contribution in [0.15, 0.2) is 17.2 Å². The molecule has 1 saturated heterocycles. The summed E-state index contributed by atoms with van der Waals surface area (Å²) in [4.78, 5) is 2.26. The molecule has 1 aliphatic rings. The van der Waals surface area contributed by atoms with Gasteiger partial charge in [0.05, 0.1) is 11.4 Å². The largest absolute Gasteiger partial charge is 0.358 e. The summed E-state index contributed by atoms with van der Waals surface area (Å²) in [5, 5.41) is 6.95. The maximum absolute atomic E-state index is 12.7. The first-order valence-electron chi connectivity index (χ1n) is 6.96. The number of hydrogen-bond donors (Lipinski definition) is 1. The SMILES string of the molecule is C=C1CC[C@H](C)N1CS(=O)(=O)c1c(C(C)C)n[nH]c1C. The van der Waals surface area contributed by atoms with Crippen LogP contribution in [0.5, 0.6) is 0 Å². The van der Waals surface area contributed by atoms with Crippen LogP contribution in [0, 0.1) is 6.92 Å². The maximum Gasteiger partial charge on any atom is 0.200 e. The van der Waals surface area contributed by atoms with Gasteiger partial charge >= 0.3 is 0 Å². The Balaban J connectivity index is 2.36. The molecule has 1 aliphatic heterocycles. The molecule has 5 nitrogen and oxygen atoms in total. The van der Waals surface area contributed by atoms with E-state index in [-0.39, 0.29) is 17.8 Å². The van der Waals surface area contributed by atoms with Crippen molar-refractivity contribution >= 4 is 9.84 Å². The fourth-order valence-electron chi connectivity index (χ4n) is 2.67. The molecule has 0 unspecified atom stereocenters. The molecule has 112 valence electrons. The van der Waals surface area contributed by atoms with Crippen LogP contribution in [-0.4, -0.2) is 35.4 Å². The lowest BCUT2D eigenvalue weighted by atomic mass is 10.1. The van der Waals surface area contributed by atoms with Crippen molar-refractivity contribution in [2.24, 2.45) is 0 Å². The van der Waals surface area contributed by atoms with E-state index in [1.54, 1.807) is 6.92 Å². The van der Waals surface area contributed by atoms with E-state index in [9.17, 15) is 8.42 Å². The summed E-state index contributed by atoms with van der Waals surface area (Å²) < 4.78 is 25.5. The predicted molar refractivity (Wildman–Crippen MR) is 79.1 cm³/mol. The summed E-state index contributed by atoms with van der Waals surface area (Å²) in [7, 11) is -3.40. The number of allylic oxidation sites excluding steroid dienone is 1. The van der Waals surface area contributed by atoms with Crippen molar-refractivity contribution in [3.8, 4) is 0 Å². The van der Waals surface area contributed by atoms with Crippen molar-refractivity contribution in [3.05, 3.63) is 23.7 Å². The van der Waals surface area contributed by atoms with E-state index in [0.29, 0.717) is 16.3 Å². The van der Waals surface area contributed by atoms with Gasteiger partial charge in [-0.1, -0.05) is 20.4 Å². The van der Waals surface area contributed by atoms with Crippen molar-refractivity contribution in [2.45, 2.75) is 57.4 Å². The quantitative estimate of drug-likeness (QED) is 0.927. The van der Waals surface area contributed by atoms with E-state index in [1.165, 1.54) is 0 Å². The molecule has 2 heterocycles. The number of nitrogens with zero attached hydrogens (tertiary/aromatic N) is 2. The highest BCUT2D eigenvalue weighted by Gasteiger charge is 2.32. The lowest BCUT2D eigenvalue weighted by molar-refractivity contribution is 0.353. The summed E-state index contributed by atoms with van der Waals surface area (Å²) in [6.07, 6.45) is 1.84. The Labute approximate surface area is 121 Å². The zero-order valence-electron chi connectivity index (χ0n) is 12.6. The van der Waals surface area contributed by atoms with E-state index in [1.807, 2.05) is 25.7 Å². The average molecular weight is 297 g/mol. The molecule has 0 bridgehead atoms. The van der Waals surface area contributed by atoms with Gasteiger partial charge in [0, 0.05) is 11.7 Å². The molecular weight excluding hydrogens is 274 g/mol. The Morgan fingerprint density at radius 2 is 2.15 bits per heavy atom. The van der Waals surface area contributed by atoms with Gasteiger partial charge in [-0.25, -0.2) is 8.42 Å². The Morgan fingerprint density at radius 3 is 2.65 bits per heavy atom. The molecule has 20 heavy (non-hydrogen) atoms. The summed E-state index contributed by atoms with van der Waals surface area (Å²) in [5.41, 5.74) is 2.15. The van der Waals surface area contributed by atoms with Crippen LogP contribution in [0.2, 0.25) is 0 Å². The van der Waals surface area contributed by atoms with Crippen LogP contribution >= 0.6 is 0 Å². The van der Waals surface area contributed by atoms with Crippen LogP contribution in [0.1, 0.15) is 50.9 Å². The van der Waals surface area contributed by atoms with Gasteiger partial charge in [-0.2, -0.15) is 5.10 Å². The monoisotopic (exact) mass is 297 g/mol. The maximum atomic E-state index is 12.7. The first-order valence-corrected chi connectivity index (χ1v) is 8.61. The molecular formula is C14H23N3O2S. The minimum atomic E-state index is -3.40. The topological polar surface area (TPSA) is 66.1 Å². The highest BCUT2D eigenvalue weighted by molar-refractivity contribution is 7.91. The average Bonchev–Trinajstić information content (AvgIpc) is 2.87. The molecule has 0 aromatic carbocycles. The third kappa shape index (κ3) is 2.61. The number of likely N-dealkylation sites (tertiary alicyclic amines) is 1. The van der Waals surface area contributed by atoms with Crippen molar-refractivity contribution in [3.63, 3.8) is 0 Å². The van der Waals surface area contributed by atoms with Gasteiger partial charge in [0.25, 0.3) is 0 Å². The number of rotatable bonds is 4. The van der Waals surface area contributed by atoms with Gasteiger partial charge in [-0.3, -0.25) is 5.10 Å². The second kappa shape index (κ2) is 5.24. The van der Waals surface area contributed by atoms with Crippen molar-refractivity contribution in [1.29, 1.82) is 0 Å². The second-order valence-electron chi connectivity index (χ2n) is 5.89. The summed E-state index contributed by atoms with van der Waals surface area (Å²) in [6, 6.07) is 0.229. The lowest BCUT2D eigenvalue weighted by Gasteiger charge is -2.24. The van der Waals surface area contributed by atoms with Crippen molar-refractivity contribution in [1.82, 2.24) is 15.1 Å². The smallest absolute Gasteiger partial charge is 0.200 e. The number of nitrogens with one attached hydrogen (secondary N) is 1. The molecule has 1 aromatic rings.